The summed E-state index contributed by atoms with van der Waals surface area (Å²) in [4.78, 5) is 27.0. The number of aromatic hydroxyl groups is 1. The van der Waals surface area contributed by atoms with Gasteiger partial charge in [-0.1, -0.05) is 19.9 Å². The zero-order valence-electron chi connectivity index (χ0n) is 17.3. The summed E-state index contributed by atoms with van der Waals surface area (Å²) in [6.45, 7) is 6.70. The molecule has 0 fully saturated rings. The molecule has 2 rings (SSSR count). The summed E-state index contributed by atoms with van der Waals surface area (Å²) in [6.07, 6.45) is 1.69. The van der Waals surface area contributed by atoms with Crippen molar-refractivity contribution in [2.75, 3.05) is 26.2 Å². The highest BCUT2D eigenvalue weighted by Gasteiger charge is 2.18. The molecule has 0 bridgehead atoms. The van der Waals surface area contributed by atoms with Crippen molar-refractivity contribution in [3.05, 3.63) is 64.7 Å². The number of carbonyl (C=O) groups excluding carboxylic acids is 2. The summed E-state index contributed by atoms with van der Waals surface area (Å²) in [5, 5.41) is 10.0. The third-order valence-corrected chi connectivity index (χ3v) is 4.62. The Morgan fingerprint density at radius 2 is 1.70 bits per heavy atom. The van der Waals surface area contributed by atoms with E-state index in [9.17, 15) is 23.5 Å². The Balaban J connectivity index is 2.04. The van der Waals surface area contributed by atoms with Crippen molar-refractivity contribution < 1.29 is 28.2 Å². The highest BCUT2D eigenvalue weighted by Crippen LogP contribution is 2.21. The lowest BCUT2D eigenvalue weighted by Gasteiger charge is -2.20. The number of ether oxygens (including phenoxy) is 1. The number of nitrogens with zero attached hydrogens (tertiary/aromatic N) is 1. The van der Waals surface area contributed by atoms with E-state index in [0.717, 1.165) is 32.0 Å². The number of benzene rings is 2. The van der Waals surface area contributed by atoms with Crippen LogP contribution < -0.4 is 0 Å². The molecular formula is C23H27F2NO4. The Hall–Kier alpha value is -2.80. The number of carbonyl (C=O) groups is 2. The first-order chi connectivity index (χ1) is 14.3. The molecule has 0 aliphatic carbocycles. The molecule has 0 spiro atoms. The molecule has 2 aromatic rings. The first-order valence-corrected chi connectivity index (χ1v) is 10.0. The summed E-state index contributed by atoms with van der Waals surface area (Å²) in [5.41, 5.74) is 0.0468. The molecule has 0 amide bonds. The van der Waals surface area contributed by atoms with Crippen LogP contribution in [0.1, 0.15) is 53.0 Å². The number of hydrogen-bond acceptors (Lipinski definition) is 5. The molecule has 7 heteroatoms. The minimum atomic E-state index is -0.814. The van der Waals surface area contributed by atoms with Crippen LogP contribution in [0, 0.1) is 11.6 Å². The summed E-state index contributed by atoms with van der Waals surface area (Å²) < 4.78 is 32.1. The Labute approximate surface area is 175 Å². The van der Waals surface area contributed by atoms with Gasteiger partial charge in [-0.25, -0.2) is 13.6 Å². The van der Waals surface area contributed by atoms with Crippen molar-refractivity contribution in [2.45, 2.75) is 33.1 Å². The summed E-state index contributed by atoms with van der Waals surface area (Å²) in [5.74, 6) is -3.04. The van der Waals surface area contributed by atoms with Crippen LogP contribution in [0.3, 0.4) is 0 Å². The molecular weight excluding hydrogens is 392 g/mol. The molecule has 0 aliphatic heterocycles. The maximum Gasteiger partial charge on any atom is 0.341 e. The fourth-order valence-electron chi connectivity index (χ4n) is 3.13. The van der Waals surface area contributed by atoms with Crippen LogP contribution in [-0.4, -0.2) is 48.0 Å². The van der Waals surface area contributed by atoms with Crippen molar-refractivity contribution in [3.8, 4) is 5.75 Å². The average Bonchev–Trinajstić information content (AvgIpc) is 2.70. The number of phenols is 1. The van der Waals surface area contributed by atoms with Gasteiger partial charge in [0.05, 0.1) is 0 Å². The van der Waals surface area contributed by atoms with E-state index in [1.807, 2.05) is 0 Å². The van der Waals surface area contributed by atoms with Crippen LogP contribution in [0.2, 0.25) is 0 Å². The number of hydrogen-bond donors (Lipinski definition) is 1. The number of phenolic OH excluding ortho intramolecular Hbond substituents is 1. The lowest BCUT2D eigenvalue weighted by Crippen LogP contribution is -2.30. The Morgan fingerprint density at radius 3 is 2.33 bits per heavy atom. The van der Waals surface area contributed by atoms with Crippen LogP contribution in [-0.2, 0) is 11.2 Å². The molecule has 0 aliphatic rings. The molecule has 162 valence electrons. The SMILES string of the molecule is CCCN(CCC)CCOC(=O)c1cc(C(=O)Cc2ccc(F)cc2F)ccc1O. The van der Waals surface area contributed by atoms with Gasteiger partial charge < -0.3 is 9.84 Å². The van der Waals surface area contributed by atoms with Crippen LogP contribution in [0.4, 0.5) is 8.78 Å². The van der Waals surface area contributed by atoms with E-state index < -0.39 is 23.4 Å². The summed E-state index contributed by atoms with van der Waals surface area (Å²) in [6, 6.07) is 6.80. The topological polar surface area (TPSA) is 66.8 Å². The maximum absolute atomic E-state index is 13.8. The Morgan fingerprint density at radius 1 is 1.00 bits per heavy atom. The first kappa shape index (κ1) is 23.5. The van der Waals surface area contributed by atoms with Crippen LogP contribution >= 0.6 is 0 Å². The first-order valence-electron chi connectivity index (χ1n) is 10.0. The largest absolute Gasteiger partial charge is 0.507 e. The number of rotatable bonds is 11. The molecule has 0 unspecified atom stereocenters. The minimum Gasteiger partial charge on any atom is -0.507 e. The van der Waals surface area contributed by atoms with Crippen LogP contribution in [0.25, 0.3) is 0 Å². The average molecular weight is 419 g/mol. The second kappa shape index (κ2) is 11.4. The van der Waals surface area contributed by atoms with Gasteiger partial charge in [-0.05, 0) is 55.8 Å². The molecule has 30 heavy (non-hydrogen) atoms. The number of halogens is 2. The second-order valence-corrected chi connectivity index (χ2v) is 7.05. The van der Waals surface area contributed by atoms with E-state index in [2.05, 4.69) is 18.7 Å². The normalized spacial score (nSPS) is 11.0. The lowest BCUT2D eigenvalue weighted by atomic mass is 10.0. The zero-order chi connectivity index (χ0) is 22.1. The summed E-state index contributed by atoms with van der Waals surface area (Å²) in [7, 11) is 0. The van der Waals surface area contributed by atoms with E-state index in [-0.39, 0.29) is 35.5 Å². The van der Waals surface area contributed by atoms with Crippen molar-refractivity contribution in [1.29, 1.82) is 0 Å². The van der Waals surface area contributed by atoms with E-state index in [1.165, 1.54) is 24.3 Å². The van der Waals surface area contributed by atoms with Gasteiger partial charge >= 0.3 is 5.97 Å². The van der Waals surface area contributed by atoms with Crippen molar-refractivity contribution in [3.63, 3.8) is 0 Å². The second-order valence-electron chi connectivity index (χ2n) is 7.05. The molecule has 0 radical (unpaired) electrons. The van der Waals surface area contributed by atoms with Gasteiger partial charge in [-0.15, -0.1) is 0 Å². The smallest absolute Gasteiger partial charge is 0.341 e. The standard InChI is InChI=1S/C23H27F2NO4/c1-3-9-26(10-4-2)11-12-30-23(29)19-13-17(6-8-21(19)27)22(28)14-16-5-7-18(24)15-20(16)25/h5-8,13,15,27H,3-4,9-12,14H2,1-2H3. The predicted octanol–water partition coefficient (Wildman–Crippen LogP) is 4.37. The quantitative estimate of drug-likeness (QED) is 0.433. The molecule has 5 nitrogen and oxygen atoms in total. The van der Waals surface area contributed by atoms with Gasteiger partial charge in [0.1, 0.15) is 29.6 Å². The van der Waals surface area contributed by atoms with Gasteiger partial charge in [-0.2, -0.15) is 0 Å². The fraction of sp³-hybridized carbons (Fsp3) is 0.391. The van der Waals surface area contributed by atoms with E-state index >= 15 is 0 Å². The highest BCUT2D eigenvalue weighted by molar-refractivity contribution is 6.01. The Bertz CT molecular complexity index is 880. The molecule has 0 saturated heterocycles. The van der Waals surface area contributed by atoms with Crippen molar-refractivity contribution >= 4 is 11.8 Å². The van der Waals surface area contributed by atoms with Gasteiger partial charge in [0.15, 0.2) is 5.78 Å². The van der Waals surface area contributed by atoms with E-state index in [1.54, 1.807) is 0 Å². The predicted molar refractivity (Wildman–Crippen MR) is 110 cm³/mol. The number of esters is 1. The molecule has 1 N–H and O–H groups in total. The van der Waals surface area contributed by atoms with Gasteiger partial charge in [0.2, 0.25) is 0 Å². The number of Topliss-reactive ketones (excluding diaryl/α,β-unsaturated/α-hetero) is 1. The van der Waals surface area contributed by atoms with E-state index in [0.29, 0.717) is 12.6 Å². The molecule has 2 aromatic carbocycles. The Kier molecular flexibility index (Phi) is 8.92. The van der Waals surface area contributed by atoms with E-state index in [4.69, 9.17) is 4.74 Å². The van der Waals surface area contributed by atoms with Crippen LogP contribution in [0.15, 0.2) is 36.4 Å². The zero-order valence-corrected chi connectivity index (χ0v) is 17.3. The maximum atomic E-state index is 13.8. The van der Waals surface area contributed by atoms with Crippen molar-refractivity contribution in [2.24, 2.45) is 0 Å². The molecule has 0 saturated carbocycles. The third kappa shape index (κ3) is 6.62. The minimum absolute atomic E-state index is 0.0468. The summed E-state index contributed by atoms with van der Waals surface area (Å²) >= 11 is 0. The highest BCUT2D eigenvalue weighted by atomic mass is 19.1. The van der Waals surface area contributed by atoms with Crippen molar-refractivity contribution in [1.82, 2.24) is 4.90 Å². The molecule has 0 heterocycles. The monoisotopic (exact) mass is 419 g/mol. The fourth-order valence-corrected chi connectivity index (χ4v) is 3.13. The third-order valence-electron chi connectivity index (χ3n) is 4.62. The van der Waals surface area contributed by atoms with Crippen LogP contribution in [0.5, 0.6) is 5.75 Å². The number of ketones is 1. The van der Waals surface area contributed by atoms with Gasteiger partial charge in [0, 0.05) is 24.6 Å². The van der Waals surface area contributed by atoms with Gasteiger partial charge in [-0.3, -0.25) is 9.69 Å². The van der Waals surface area contributed by atoms with Gasteiger partial charge in [0.25, 0.3) is 0 Å². The molecule has 0 aromatic heterocycles. The lowest BCUT2D eigenvalue weighted by molar-refractivity contribution is 0.0458. The molecule has 0 atom stereocenters.